The van der Waals surface area contributed by atoms with E-state index in [2.05, 4.69) is 15.3 Å². The van der Waals surface area contributed by atoms with E-state index in [-0.39, 0.29) is 17.7 Å². The minimum atomic E-state index is -0.117. The molecule has 3 heterocycles. The highest BCUT2D eigenvalue weighted by atomic mass is 16.2. The average Bonchev–Trinajstić information content (AvgIpc) is 3.29. The molecule has 1 aliphatic carbocycles. The molecule has 0 spiro atoms. The van der Waals surface area contributed by atoms with Gasteiger partial charge < -0.3 is 10.2 Å². The van der Waals surface area contributed by atoms with E-state index < -0.39 is 0 Å². The van der Waals surface area contributed by atoms with Crippen LogP contribution >= 0.6 is 0 Å². The van der Waals surface area contributed by atoms with E-state index in [1.807, 2.05) is 27.8 Å². The van der Waals surface area contributed by atoms with E-state index >= 15 is 0 Å². The lowest BCUT2D eigenvalue weighted by atomic mass is 9.95. The Morgan fingerprint density at radius 2 is 2.12 bits per heavy atom. The van der Waals surface area contributed by atoms with Crippen LogP contribution in [0.2, 0.25) is 0 Å². The van der Waals surface area contributed by atoms with Gasteiger partial charge in [-0.05, 0) is 25.3 Å². The Kier molecular flexibility index (Phi) is 4.38. The molecule has 7 nitrogen and oxygen atoms in total. The maximum absolute atomic E-state index is 12.6. The highest BCUT2D eigenvalue weighted by Gasteiger charge is 2.35. The molecule has 132 valence electrons. The summed E-state index contributed by atoms with van der Waals surface area (Å²) in [5.41, 5.74) is 0.784. The van der Waals surface area contributed by atoms with Crippen LogP contribution in [0.15, 0.2) is 24.7 Å². The monoisotopic (exact) mass is 341 g/mol. The summed E-state index contributed by atoms with van der Waals surface area (Å²) in [6, 6.07) is 2.18. The number of amides is 2. The first-order valence-corrected chi connectivity index (χ1v) is 9.06. The van der Waals surface area contributed by atoms with Crippen LogP contribution in [0.5, 0.6) is 0 Å². The highest BCUT2D eigenvalue weighted by Crippen LogP contribution is 2.28. The van der Waals surface area contributed by atoms with E-state index in [0.29, 0.717) is 37.8 Å². The molecular weight excluding hydrogens is 318 g/mol. The van der Waals surface area contributed by atoms with Crippen molar-refractivity contribution in [2.24, 2.45) is 5.92 Å². The van der Waals surface area contributed by atoms with Crippen LogP contribution in [0.1, 0.15) is 44.2 Å². The molecule has 2 amide bonds. The molecule has 0 bridgehead atoms. The predicted octanol–water partition coefficient (Wildman–Crippen LogP) is 1.53. The SMILES string of the molecule is O=C(NCc1cn2cccnc2n1)[C@H]1CCC(=O)N(C2CCCC2)C1. The van der Waals surface area contributed by atoms with Crippen LogP contribution < -0.4 is 5.32 Å². The average molecular weight is 341 g/mol. The van der Waals surface area contributed by atoms with Crippen molar-refractivity contribution < 1.29 is 9.59 Å². The number of carbonyl (C=O) groups excluding carboxylic acids is 2. The second kappa shape index (κ2) is 6.82. The maximum Gasteiger partial charge on any atom is 0.233 e. The van der Waals surface area contributed by atoms with Crippen LogP contribution in [-0.2, 0) is 16.1 Å². The first kappa shape index (κ1) is 16.1. The minimum Gasteiger partial charge on any atom is -0.350 e. The molecule has 4 rings (SSSR count). The Labute approximate surface area is 146 Å². The van der Waals surface area contributed by atoms with Crippen LogP contribution in [0.25, 0.3) is 5.78 Å². The molecule has 0 radical (unpaired) electrons. The number of piperidine rings is 1. The Morgan fingerprint density at radius 1 is 1.28 bits per heavy atom. The van der Waals surface area contributed by atoms with Gasteiger partial charge in [-0.25, -0.2) is 9.97 Å². The fourth-order valence-electron chi connectivity index (χ4n) is 3.94. The van der Waals surface area contributed by atoms with Crippen molar-refractivity contribution in [3.05, 3.63) is 30.4 Å². The van der Waals surface area contributed by atoms with Crippen molar-refractivity contribution in [3.63, 3.8) is 0 Å². The number of carbonyl (C=O) groups is 2. The van der Waals surface area contributed by atoms with Crippen molar-refractivity contribution in [2.75, 3.05) is 6.54 Å². The zero-order chi connectivity index (χ0) is 17.2. The van der Waals surface area contributed by atoms with Gasteiger partial charge in [0, 0.05) is 37.6 Å². The van der Waals surface area contributed by atoms with Crippen molar-refractivity contribution in [2.45, 2.75) is 51.1 Å². The van der Waals surface area contributed by atoms with Crippen LogP contribution in [0.4, 0.5) is 0 Å². The molecule has 1 saturated carbocycles. The molecular formula is C18H23N5O2. The maximum atomic E-state index is 12.6. The Bertz CT molecular complexity index is 748. The molecule has 1 aliphatic heterocycles. The van der Waals surface area contributed by atoms with Crippen molar-refractivity contribution in [1.29, 1.82) is 0 Å². The number of imidazole rings is 1. The van der Waals surface area contributed by atoms with Crippen molar-refractivity contribution in [3.8, 4) is 0 Å². The number of hydrogen-bond donors (Lipinski definition) is 1. The van der Waals surface area contributed by atoms with E-state index in [9.17, 15) is 9.59 Å². The molecule has 0 aromatic carbocycles. The summed E-state index contributed by atoms with van der Waals surface area (Å²) in [4.78, 5) is 35.3. The number of fused-ring (bicyclic) bond motifs is 1. The van der Waals surface area contributed by atoms with Crippen LogP contribution in [-0.4, -0.2) is 43.7 Å². The second-order valence-corrected chi connectivity index (χ2v) is 7.00. The van der Waals surface area contributed by atoms with E-state index in [1.54, 1.807) is 6.20 Å². The third kappa shape index (κ3) is 3.36. The van der Waals surface area contributed by atoms with E-state index in [0.717, 1.165) is 18.5 Å². The van der Waals surface area contributed by atoms with Gasteiger partial charge >= 0.3 is 0 Å². The minimum absolute atomic E-state index is 0.0144. The fourth-order valence-corrected chi connectivity index (χ4v) is 3.94. The molecule has 7 heteroatoms. The zero-order valence-electron chi connectivity index (χ0n) is 14.2. The number of hydrogen-bond acceptors (Lipinski definition) is 4. The van der Waals surface area contributed by atoms with Gasteiger partial charge in [-0.15, -0.1) is 0 Å². The van der Waals surface area contributed by atoms with Gasteiger partial charge in [0.15, 0.2) is 0 Å². The molecule has 0 unspecified atom stereocenters. The predicted molar refractivity (Wildman–Crippen MR) is 91.5 cm³/mol. The Hall–Kier alpha value is -2.44. The number of aromatic nitrogens is 3. The quantitative estimate of drug-likeness (QED) is 0.914. The summed E-state index contributed by atoms with van der Waals surface area (Å²) < 4.78 is 1.84. The highest BCUT2D eigenvalue weighted by molar-refractivity contribution is 5.84. The first-order chi connectivity index (χ1) is 12.2. The summed E-state index contributed by atoms with van der Waals surface area (Å²) in [5.74, 6) is 0.735. The smallest absolute Gasteiger partial charge is 0.233 e. The molecule has 1 atom stereocenters. The van der Waals surface area contributed by atoms with Gasteiger partial charge in [0.05, 0.1) is 18.2 Å². The normalized spacial score (nSPS) is 21.8. The van der Waals surface area contributed by atoms with Gasteiger partial charge in [0.2, 0.25) is 17.6 Å². The Morgan fingerprint density at radius 3 is 2.92 bits per heavy atom. The third-order valence-electron chi connectivity index (χ3n) is 5.31. The summed E-state index contributed by atoms with van der Waals surface area (Å²) >= 11 is 0. The molecule has 2 aliphatic rings. The zero-order valence-corrected chi connectivity index (χ0v) is 14.2. The molecule has 25 heavy (non-hydrogen) atoms. The molecule has 2 fully saturated rings. The lowest BCUT2D eigenvalue weighted by molar-refractivity contribution is -0.140. The van der Waals surface area contributed by atoms with E-state index in [4.69, 9.17) is 0 Å². The number of rotatable bonds is 4. The van der Waals surface area contributed by atoms with Crippen LogP contribution in [0.3, 0.4) is 0 Å². The third-order valence-corrected chi connectivity index (χ3v) is 5.31. The topological polar surface area (TPSA) is 79.6 Å². The number of likely N-dealkylation sites (tertiary alicyclic amines) is 1. The summed E-state index contributed by atoms with van der Waals surface area (Å²) in [5, 5.41) is 2.98. The van der Waals surface area contributed by atoms with Crippen molar-refractivity contribution >= 4 is 17.6 Å². The molecule has 2 aromatic rings. The molecule has 2 aromatic heterocycles. The standard InChI is InChI=1S/C18H23N5O2/c24-16-7-6-13(11-23(16)15-4-1-2-5-15)17(25)20-10-14-12-22-9-3-8-19-18(22)21-14/h3,8-9,12-13,15H,1-2,4-7,10-11H2,(H,20,25)/t13-/m0/s1. The van der Waals surface area contributed by atoms with Crippen molar-refractivity contribution in [1.82, 2.24) is 24.6 Å². The molecule has 1 N–H and O–H groups in total. The van der Waals surface area contributed by atoms with Gasteiger partial charge in [0.1, 0.15) is 0 Å². The number of nitrogens with zero attached hydrogens (tertiary/aromatic N) is 4. The summed E-state index contributed by atoms with van der Waals surface area (Å²) in [6.07, 6.45) is 11.1. The van der Waals surface area contributed by atoms with Gasteiger partial charge in [-0.2, -0.15) is 0 Å². The summed E-state index contributed by atoms with van der Waals surface area (Å²) in [7, 11) is 0. The van der Waals surface area contributed by atoms with Gasteiger partial charge in [-0.3, -0.25) is 14.0 Å². The second-order valence-electron chi connectivity index (χ2n) is 7.00. The largest absolute Gasteiger partial charge is 0.350 e. The lowest BCUT2D eigenvalue weighted by Gasteiger charge is -2.36. The number of nitrogens with one attached hydrogen (secondary N) is 1. The van der Waals surface area contributed by atoms with Gasteiger partial charge in [-0.1, -0.05) is 12.8 Å². The van der Waals surface area contributed by atoms with E-state index in [1.165, 1.54) is 12.8 Å². The van der Waals surface area contributed by atoms with Gasteiger partial charge in [0.25, 0.3) is 0 Å². The molecule has 1 saturated heterocycles. The lowest BCUT2D eigenvalue weighted by Crippen LogP contribution is -2.49. The summed E-state index contributed by atoms with van der Waals surface area (Å²) in [6.45, 7) is 0.943. The Balaban J connectivity index is 1.36. The fraction of sp³-hybridized carbons (Fsp3) is 0.556. The van der Waals surface area contributed by atoms with Crippen LogP contribution in [0, 0.1) is 5.92 Å². The first-order valence-electron chi connectivity index (χ1n) is 9.06.